The summed E-state index contributed by atoms with van der Waals surface area (Å²) in [6, 6.07) is 25.6. The number of nitrogens with zero attached hydrogens (tertiary/aromatic N) is 1. The monoisotopic (exact) mass is 396 g/mol. The lowest BCUT2D eigenvalue weighted by Gasteiger charge is -2.12. The third-order valence-corrected chi connectivity index (χ3v) is 5.15. The number of benzene rings is 3. The molecule has 4 rings (SSSR count). The minimum atomic E-state index is -0.142. The largest absolute Gasteiger partial charge is 0.497 e. The van der Waals surface area contributed by atoms with Gasteiger partial charge in [-0.15, -0.1) is 0 Å². The van der Waals surface area contributed by atoms with Gasteiger partial charge in [0.2, 0.25) is 0 Å². The highest BCUT2D eigenvalue weighted by Gasteiger charge is 2.16. The van der Waals surface area contributed by atoms with Crippen LogP contribution in [-0.2, 0) is 6.54 Å². The predicted molar refractivity (Wildman–Crippen MR) is 123 cm³/mol. The van der Waals surface area contributed by atoms with Crippen molar-refractivity contribution in [2.24, 2.45) is 0 Å². The second-order valence-corrected chi connectivity index (χ2v) is 7.34. The van der Waals surface area contributed by atoms with Crippen LogP contribution in [0, 0.1) is 0 Å². The second kappa shape index (κ2) is 8.29. The van der Waals surface area contributed by atoms with E-state index in [2.05, 4.69) is 11.9 Å². The number of aromatic nitrogens is 1. The molecule has 30 heavy (non-hydrogen) atoms. The number of hydrogen-bond donors (Lipinski definition) is 1. The molecule has 1 N–H and O–H groups in total. The van der Waals surface area contributed by atoms with E-state index in [9.17, 15) is 4.79 Å². The number of nitrogens with one attached hydrogen (secondary N) is 1. The first-order chi connectivity index (χ1) is 14.5. The molecular weight excluding hydrogens is 372 g/mol. The fraction of sp³-hybridized carbons (Fsp3) is 0.115. The van der Waals surface area contributed by atoms with Gasteiger partial charge in [-0.05, 0) is 54.4 Å². The van der Waals surface area contributed by atoms with E-state index in [1.54, 1.807) is 7.11 Å². The number of methoxy groups -OCH3 is 1. The van der Waals surface area contributed by atoms with Crippen LogP contribution < -0.4 is 10.1 Å². The molecule has 0 fully saturated rings. The van der Waals surface area contributed by atoms with Crippen LogP contribution in [0.3, 0.4) is 0 Å². The summed E-state index contributed by atoms with van der Waals surface area (Å²) in [6.07, 6.45) is 0. The molecule has 0 saturated heterocycles. The number of para-hydroxylation sites is 1. The van der Waals surface area contributed by atoms with Crippen LogP contribution in [0.15, 0.2) is 85.4 Å². The van der Waals surface area contributed by atoms with Crippen molar-refractivity contribution in [3.63, 3.8) is 0 Å². The summed E-state index contributed by atoms with van der Waals surface area (Å²) in [7, 11) is 1.65. The molecule has 0 bridgehead atoms. The average molecular weight is 396 g/mol. The molecule has 0 aliphatic rings. The van der Waals surface area contributed by atoms with E-state index in [0.29, 0.717) is 12.2 Å². The van der Waals surface area contributed by atoms with Crippen molar-refractivity contribution >= 4 is 28.1 Å². The number of carbonyl (C=O) groups is 1. The Kier molecular flexibility index (Phi) is 5.40. The molecule has 0 aliphatic carbocycles. The zero-order valence-corrected chi connectivity index (χ0v) is 17.2. The molecule has 3 aromatic carbocycles. The summed E-state index contributed by atoms with van der Waals surface area (Å²) in [5.41, 5.74) is 5.50. The van der Waals surface area contributed by atoms with E-state index < -0.39 is 0 Å². The maximum atomic E-state index is 13.2. The minimum absolute atomic E-state index is 0.142. The summed E-state index contributed by atoms with van der Waals surface area (Å²) in [5, 5.41) is 4.05. The lowest BCUT2D eigenvalue weighted by atomic mass is 10.1. The van der Waals surface area contributed by atoms with Gasteiger partial charge in [0, 0.05) is 23.1 Å². The predicted octanol–water partition coefficient (Wildman–Crippen LogP) is 5.98. The first kappa shape index (κ1) is 19.5. The van der Waals surface area contributed by atoms with Gasteiger partial charge in [-0.25, -0.2) is 0 Å². The standard InChI is InChI=1S/C26H24N2O2/c1-18(2)20-11-13-22(14-12-20)27-26(29)25-16-21-8-4-5-10-24(21)28(25)17-19-7-6-9-23(15-19)30-3/h4-16H,1,17H2,2-3H3,(H,27,29). The topological polar surface area (TPSA) is 43.3 Å². The van der Waals surface area contributed by atoms with Crippen LogP contribution in [-0.4, -0.2) is 17.6 Å². The minimum Gasteiger partial charge on any atom is -0.497 e. The molecule has 1 aromatic heterocycles. The normalized spacial score (nSPS) is 10.7. The van der Waals surface area contributed by atoms with E-state index in [0.717, 1.165) is 39.0 Å². The lowest BCUT2D eigenvalue weighted by molar-refractivity contribution is 0.101. The number of ether oxygens (including phenoxy) is 1. The third-order valence-electron chi connectivity index (χ3n) is 5.15. The Bertz CT molecular complexity index is 1220. The van der Waals surface area contributed by atoms with Crippen LogP contribution in [0.4, 0.5) is 5.69 Å². The molecule has 1 amide bonds. The molecule has 0 atom stereocenters. The summed E-state index contributed by atoms with van der Waals surface area (Å²) in [5.74, 6) is 0.657. The van der Waals surface area contributed by atoms with E-state index >= 15 is 0 Å². The first-order valence-electron chi connectivity index (χ1n) is 9.83. The Morgan fingerprint density at radius 2 is 1.77 bits per heavy atom. The molecule has 4 heteroatoms. The fourth-order valence-corrected chi connectivity index (χ4v) is 3.56. The highest BCUT2D eigenvalue weighted by molar-refractivity contribution is 6.06. The SMILES string of the molecule is C=C(C)c1ccc(NC(=O)c2cc3ccccc3n2Cc2cccc(OC)c2)cc1. The Hall–Kier alpha value is -3.79. The highest BCUT2D eigenvalue weighted by atomic mass is 16.5. The molecule has 4 aromatic rings. The lowest BCUT2D eigenvalue weighted by Crippen LogP contribution is -2.17. The number of allylic oxidation sites excluding steroid dienone is 1. The molecule has 0 aliphatic heterocycles. The molecule has 4 nitrogen and oxygen atoms in total. The van der Waals surface area contributed by atoms with Crippen molar-refractivity contribution in [2.45, 2.75) is 13.5 Å². The zero-order chi connectivity index (χ0) is 21.1. The van der Waals surface area contributed by atoms with Crippen molar-refractivity contribution < 1.29 is 9.53 Å². The van der Waals surface area contributed by atoms with Gasteiger partial charge in [-0.1, -0.05) is 54.6 Å². The summed E-state index contributed by atoms with van der Waals surface area (Å²) >= 11 is 0. The van der Waals surface area contributed by atoms with Gasteiger partial charge in [-0.3, -0.25) is 4.79 Å². The molecule has 0 saturated carbocycles. The molecule has 0 radical (unpaired) electrons. The Labute approximate surface area is 176 Å². The van der Waals surface area contributed by atoms with Crippen molar-refractivity contribution in [1.29, 1.82) is 0 Å². The molecule has 0 unspecified atom stereocenters. The summed E-state index contributed by atoms with van der Waals surface area (Å²) in [6.45, 7) is 6.49. The second-order valence-electron chi connectivity index (χ2n) is 7.34. The number of rotatable bonds is 6. The summed E-state index contributed by atoms with van der Waals surface area (Å²) in [4.78, 5) is 13.2. The Morgan fingerprint density at radius 3 is 2.50 bits per heavy atom. The van der Waals surface area contributed by atoms with E-state index in [4.69, 9.17) is 4.74 Å². The zero-order valence-electron chi connectivity index (χ0n) is 17.2. The number of amides is 1. The van der Waals surface area contributed by atoms with Crippen LogP contribution in [0.25, 0.3) is 16.5 Å². The maximum absolute atomic E-state index is 13.2. The van der Waals surface area contributed by atoms with Gasteiger partial charge in [0.25, 0.3) is 5.91 Å². The van der Waals surface area contributed by atoms with Gasteiger partial charge >= 0.3 is 0 Å². The number of fused-ring (bicyclic) bond motifs is 1. The van der Waals surface area contributed by atoms with Crippen LogP contribution in [0.2, 0.25) is 0 Å². The van der Waals surface area contributed by atoms with Gasteiger partial charge in [0.15, 0.2) is 0 Å². The molecule has 0 spiro atoms. The van der Waals surface area contributed by atoms with Crippen LogP contribution in [0.5, 0.6) is 5.75 Å². The number of hydrogen-bond acceptors (Lipinski definition) is 2. The molecular formula is C26H24N2O2. The fourth-order valence-electron chi connectivity index (χ4n) is 3.56. The number of anilines is 1. The van der Waals surface area contributed by atoms with Crippen LogP contribution in [0.1, 0.15) is 28.5 Å². The van der Waals surface area contributed by atoms with E-state index in [1.807, 2.05) is 90.4 Å². The Balaban J connectivity index is 1.68. The van der Waals surface area contributed by atoms with Crippen molar-refractivity contribution in [2.75, 3.05) is 12.4 Å². The van der Waals surface area contributed by atoms with Crippen molar-refractivity contribution in [1.82, 2.24) is 4.57 Å². The Morgan fingerprint density at radius 1 is 1.00 bits per heavy atom. The van der Waals surface area contributed by atoms with Gasteiger partial charge in [0.05, 0.1) is 7.11 Å². The van der Waals surface area contributed by atoms with E-state index in [1.165, 1.54) is 0 Å². The highest BCUT2D eigenvalue weighted by Crippen LogP contribution is 2.24. The maximum Gasteiger partial charge on any atom is 0.272 e. The average Bonchev–Trinajstić information content (AvgIpc) is 3.13. The van der Waals surface area contributed by atoms with Gasteiger partial charge in [-0.2, -0.15) is 0 Å². The quantitative estimate of drug-likeness (QED) is 0.435. The summed E-state index contributed by atoms with van der Waals surface area (Å²) < 4.78 is 7.39. The van der Waals surface area contributed by atoms with Crippen molar-refractivity contribution in [3.8, 4) is 5.75 Å². The van der Waals surface area contributed by atoms with Gasteiger partial charge < -0.3 is 14.6 Å². The number of carbonyl (C=O) groups excluding carboxylic acids is 1. The van der Waals surface area contributed by atoms with Crippen molar-refractivity contribution in [3.05, 3.63) is 102 Å². The third kappa shape index (κ3) is 3.98. The van der Waals surface area contributed by atoms with Gasteiger partial charge in [0.1, 0.15) is 11.4 Å². The molecule has 1 heterocycles. The van der Waals surface area contributed by atoms with Crippen LogP contribution >= 0.6 is 0 Å². The molecule has 150 valence electrons. The first-order valence-corrected chi connectivity index (χ1v) is 9.83. The smallest absolute Gasteiger partial charge is 0.272 e. The van der Waals surface area contributed by atoms with E-state index in [-0.39, 0.29) is 5.91 Å².